The Morgan fingerprint density at radius 1 is 1.38 bits per heavy atom. The Balaban J connectivity index is 0.00000208. The molecule has 0 bridgehead atoms. The summed E-state index contributed by atoms with van der Waals surface area (Å²) in [4.78, 5) is 14.4. The van der Waals surface area contributed by atoms with Crippen LogP contribution in [0.4, 0.5) is 8.78 Å². The molecule has 1 aromatic carbocycles. The minimum Gasteiger partial charge on any atom is -0.365 e. The van der Waals surface area contributed by atoms with E-state index in [-0.39, 0.29) is 34.4 Å². The number of carbonyl (C=O) groups excluding carboxylic acids is 1. The van der Waals surface area contributed by atoms with Gasteiger partial charge in [0.15, 0.2) is 11.6 Å². The summed E-state index contributed by atoms with van der Waals surface area (Å²) in [6, 6.07) is 1.99. The van der Waals surface area contributed by atoms with Crippen molar-refractivity contribution >= 4 is 34.8 Å². The van der Waals surface area contributed by atoms with Crippen LogP contribution in [0.2, 0.25) is 0 Å². The van der Waals surface area contributed by atoms with E-state index in [2.05, 4.69) is 10.3 Å². The number of nitrogens with zero attached hydrogens (tertiary/aromatic N) is 1. The molecule has 2 heterocycles. The van der Waals surface area contributed by atoms with E-state index in [1.165, 1.54) is 0 Å². The number of carbonyl (C=O) groups is 1. The van der Waals surface area contributed by atoms with Crippen LogP contribution >= 0.6 is 12.4 Å². The first kappa shape index (κ1) is 17.9. The second-order valence-electron chi connectivity index (χ2n) is 5.42. The molecule has 0 fully saturated rings. The van der Waals surface area contributed by atoms with E-state index in [1.807, 2.05) is 6.07 Å². The topological polar surface area (TPSA) is 94.7 Å². The second kappa shape index (κ2) is 6.59. The van der Waals surface area contributed by atoms with Gasteiger partial charge < -0.3 is 16.0 Å². The molecule has 0 saturated carbocycles. The highest BCUT2D eigenvalue weighted by Gasteiger charge is 2.28. The van der Waals surface area contributed by atoms with E-state index in [9.17, 15) is 18.8 Å². The molecule has 1 amide bonds. The highest BCUT2D eigenvalue weighted by atomic mass is 35.5. The molecule has 0 atom stereocenters. The van der Waals surface area contributed by atoms with Crippen LogP contribution in [-0.2, 0) is 0 Å². The number of aromatic amines is 1. The summed E-state index contributed by atoms with van der Waals surface area (Å²) in [5.74, 6) is -3.53. The van der Waals surface area contributed by atoms with Gasteiger partial charge in [-0.25, -0.2) is 8.78 Å². The van der Waals surface area contributed by atoms with Crippen molar-refractivity contribution in [2.45, 2.75) is 13.3 Å². The lowest BCUT2D eigenvalue weighted by Crippen LogP contribution is -2.23. The van der Waals surface area contributed by atoms with E-state index in [0.29, 0.717) is 24.2 Å². The standard InChI is InChI=1S/C16H14F2N4O.ClH/c1-7-9(5-19)11-10(8-3-2-4-21-6-8)13(17)14(18)12(16(20)23)15(11)22-7;/h3,21-22H,2,4,6H2,1H3,(H2,20,23);1H. The lowest BCUT2D eigenvalue weighted by Gasteiger charge is -2.17. The first-order chi connectivity index (χ1) is 11.0. The molecule has 3 rings (SSSR count). The van der Waals surface area contributed by atoms with Gasteiger partial charge in [0.2, 0.25) is 0 Å². The molecule has 1 aliphatic heterocycles. The summed E-state index contributed by atoms with van der Waals surface area (Å²) in [6.45, 7) is 2.71. The van der Waals surface area contributed by atoms with Crippen molar-refractivity contribution in [2.24, 2.45) is 5.73 Å². The number of benzene rings is 1. The largest absolute Gasteiger partial charge is 0.365 e. The number of primary amides is 1. The third-order valence-electron chi connectivity index (χ3n) is 4.03. The number of amides is 1. The highest BCUT2D eigenvalue weighted by Crippen LogP contribution is 2.36. The monoisotopic (exact) mass is 352 g/mol. The van der Waals surface area contributed by atoms with Gasteiger partial charge in [-0.3, -0.25) is 4.79 Å². The van der Waals surface area contributed by atoms with Crippen molar-refractivity contribution in [2.75, 3.05) is 13.1 Å². The van der Waals surface area contributed by atoms with Gasteiger partial charge in [0.05, 0.1) is 11.1 Å². The van der Waals surface area contributed by atoms with Gasteiger partial charge in [-0.15, -0.1) is 12.4 Å². The van der Waals surface area contributed by atoms with Crippen LogP contribution < -0.4 is 11.1 Å². The molecule has 0 radical (unpaired) electrons. The number of rotatable bonds is 2. The van der Waals surface area contributed by atoms with Gasteiger partial charge in [-0.05, 0) is 25.5 Å². The van der Waals surface area contributed by atoms with Crippen molar-refractivity contribution < 1.29 is 13.6 Å². The molecule has 0 spiro atoms. The highest BCUT2D eigenvalue weighted by molar-refractivity contribution is 6.10. The van der Waals surface area contributed by atoms with Gasteiger partial charge in [0, 0.05) is 23.2 Å². The SMILES string of the molecule is Cc1[nH]c2c(C(N)=O)c(F)c(F)c(C3=CCCNC3)c2c1C#N.Cl. The third-order valence-corrected chi connectivity index (χ3v) is 4.03. The molecule has 1 aromatic heterocycles. The molecular formula is C16H15ClF2N4O. The zero-order valence-electron chi connectivity index (χ0n) is 12.8. The van der Waals surface area contributed by atoms with E-state index < -0.39 is 23.1 Å². The Hall–Kier alpha value is -2.43. The number of nitrogens with two attached hydrogens (primary N) is 1. The molecule has 8 heteroatoms. The van der Waals surface area contributed by atoms with Gasteiger partial charge in [-0.1, -0.05) is 6.08 Å². The van der Waals surface area contributed by atoms with Crippen LogP contribution in [0.3, 0.4) is 0 Å². The number of halogens is 3. The van der Waals surface area contributed by atoms with Crippen LogP contribution in [0, 0.1) is 29.9 Å². The van der Waals surface area contributed by atoms with Crippen molar-refractivity contribution in [3.63, 3.8) is 0 Å². The number of H-pyrrole nitrogens is 1. The Labute approximate surface area is 142 Å². The van der Waals surface area contributed by atoms with Gasteiger partial charge in [0.1, 0.15) is 11.6 Å². The molecule has 2 aromatic rings. The zero-order chi connectivity index (χ0) is 16.7. The third kappa shape index (κ3) is 2.54. The summed E-state index contributed by atoms with van der Waals surface area (Å²) in [6.07, 6.45) is 2.47. The fraction of sp³-hybridized carbons (Fsp3) is 0.250. The predicted molar refractivity (Wildman–Crippen MR) is 88.9 cm³/mol. The predicted octanol–water partition coefficient (Wildman–Crippen LogP) is 2.52. The molecule has 24 heavy (non-hydrogen) atoms. The minimum atomic E-state index is -1.29. The number of aryl methyl sites for hydroxylation is 1. The van der Waals surface area contributed by atoms with Crippen molar-refractivity contribution in [3.05, 3.63) is 40.1 Å². The van der Waals surface area contributed by atoms with Crippen LogP contribution in [-0.4, -0.2) is 24.0 Å². The van der Waals surface area contributed by atoms with E-state index in [1.54, 1.807) is 13.0 Å². The van der Waals surface area contributed by atoms with E-state index in [0.717, 1.165) is 6.54 Å². The Morgan fingerprint density at radius 2 is 2.08 bits per heavy atom. The molecule has 0 aliphatic carbocycles. The number of hydrogen-bond acceptors (Lipinski definition) is 3. The number of nitriles is 1. The fourth-order valence-corrected chi connectivity index (χ4v) is 3.01. The molecule has 5 nitrogen and oxygen atoms in total. The zero-order valence-corrected chi connectivity index (χ0v) is 13.6. The maximum atomic E-state index is 14.7. The molecule has 0 saturated heterocycles. The minimum absolute atomic E-state index is 0. The van der Waals surface area contributed by atoms with Crippen LogP contribution in [0.1, 0.15) is 33.6 Å². The second-order valence-corrected chi connectivity index (χ2v) is 5.42. The average Bonchev–Trinajstić information content (AvgIpc) is 2.84. The van der Waals surface area contributed by atoms with Crippen LogP contribution in [0.25, 0.3) is 16.5 Å². The summed E-state index contributed by atoms with van der Waals surface area (Å²) < 4.78 is 29.1. The number of hydrogen-bond donors (Lipinski definition) is 3. The Bertz CT molecular complexity index is 911. The first-order valence-corrected chi connectivity index (χ1v) is 7.10. The maximum absolute atomic E-state index is 14.7. The van der Waals surface area contributed by atoms with Crippen LogP contribution in [0.15, 0.2) is 6.08 Å². The first-order valence-electron chi connectivity index (χ1n) is 7.10. The van der Waals surface area contributed by atoms with Crippen LogP contribution in [0.5, 0.6) is 0 Å². The smallest absolute Gasteiger partial charge is 0.253 e. The number of fused-ring (bicyclic) bond motifs is 1. The van der Waals surface area contributed by atoms with Crippen molar-refractivity contribution in [1.29, 1.82) is 5.26 Å². The normalized spacial score (nSPS) is 14.0. The van der Waals surface area contributed by atoms with Gasteiger partial charge in [0.25, 0.3) is 5.91 Å². The molecule has 1 aliphatic rings. The molecule has 0 unspecified atom stereocenters. The Morgan fingerprint density at radius 3 is 2.62 bits per heavy atom. The lowest BCUT2D eigenvalue weighted by molar-refractivity contribution is 0.0997. The summed E-state index contributed by atoms with van der Waals surface area (Å²) in [5.41, 5.74) is 5.89. The Kier molecular flexibility index (Phi) is 4.92. The summed E-state index contributed by atoms with van der Waals surface area (Å²) >= 11 is 0. The summed E-state index contributed by atoms with van der Waals surface area (Å²) in [7, 11) is 0. The number of nitrogens with one attached hydrogen (secondary N) is 2. The van der Waals surface area contributed by atoms with Gasteiger partial charge >= 0.3 is 0 Å². The van der Waals surface area contributed by atoms with E-state index >= 15 is 0 Å². The van der Waals surface area contributed by atoms with Gasteiger partial charge in [-0.2, -0.15) is 5.26 Å². The molecular weight excluding hydrogens is 338 g/mol. The average molecular weight is 353 g/mol. The fourth-order valence-electron chi connectivity index (χ4n) is 3.01. The van der Waals surface area contributed by atoms with Crippen molar-refractivity contribution in [3.8, 4) is 6.07 Å². The summed E-state index contributed by atoms with van der Waals surface area (Å²) in [5, 5.41) is 12.7. The maximum Gasteiger partial charge on any atom is 0.253 e. The lowest BCUT2D eigenvalue weighted by atomic mass is 9.93. The molecule has 4 N–H and O–H groups in total. The molecule has 126 valence electrons. The van der Waals surface area contributed by atoms with E-state index in [4.69, 9.17) is 5.73 Å². The number of aromatic nitrogens is 1. The van der Waals surface area contributed by atoms with Crippen molar-refractivity contribution in [1.82, 2.24) is 10.3 Å². The quantitative estimate of drug-likeness (QED) is 0.775.